The number of halogens is 3. The summed E-state index contributed by atoms with van der Waals surface area (Å²) >= 11 is 6.14. The van der Waals surface area contributed by atoms with E-state index in [4.69, 9.17) is 25.9 Å². The van der Waals surface area contributed by atoms with Gasteiger partial charge >= 0.3 is 0 Å². The summed E-state index contributed by atoms with van der Waals surface area (Å²) in [7, 11) is 0. The Hall–Kier alpha value is -2.31. The van der Waals surface area contributed by atoms with E-state index in [0.717, 1.165) is 18.2 Å². The average molecular weight is 370 g/mol. The van der Waals surface area contributed by atoms with Crippen LogP contribution in [0.1, 0.15) is 13.3 Å². The number of hydroxylamine groups is 1. The molecule has 0 atom stereocenters. The Kier molecular flexibility index (Phi) is 7.50. The molecule has 0 aliphatic rings. The first-order chi connectivity index (χ1) is 12.1. The van der Waals surface area contributed by atoms with Gasteiger partial charge in [0.2, 0.25) is 0 Å². The minimum Gasteiger partial charge on any atom is -0.492 e. The van der Waals surface area contributed by atoms with Gasteiger partial charge in [0.1, 0.15) is 28.9 Å². The Morgan fingerprint density at radius 1 is 1.08 bits per heavy atom. The molecule has 0 unspecified atom stereocenters. The molecule has 0 saturated carbocycles. The molecule has 2 aromatic carbocycles. The van der Waals surface area contributed by atoms with Crippen molar-refractivity contribution in [2.75, 3.05) is 13.2 Å². The maximum Gasteiger partial charge on any atom is 0.138 e. The molecule has 0 spiro atoms. The van der Waals surface area contributed by atoms with E-state index in [9.17, 15) is 8.78 Å². The zero-order chi connectivity index (χ0) is 18.1. The summed E-state index contributed by atoms with van der Waals surface area (Å²) in [6.45, 7) is 2.89. The molecule has 4 nitrogen and oxygen atoms in total. The van der Waals surface area contributed by atoms with Gasteiger partial charge in [-0.25, -0.2) is 8.78 Å². The first-order valence-corrected chi connectivity index (χ1v) is 8.05. The minimum absolute atomic E-state index is 0.0502. The van der Waals surface area contributed by atoms with E-state index in [0.29, 0.717) is 36.2 Å². The second kappa shape index (κ2) is 9.86. The van der Waals surface area contributed by atoms with Crippen LogP contribution < -0.4 is 15.0 Å². The monoisotopic (exact) mass is 369 g/mol. The molecule has 0 amide bonds. The molecule has 134 valence electrons. The highest BCUT2D eigenvalue weighted by Gasteiger charge is 2.07. The predicted molar refractivity (Wildman–Crippen MR) is 91.9 cm³/mol. The number of hydrogen-bond acceptors (Lipinski definition) is 4. The number of rotatable bonds is 9. The Morgan fingerprint density at radius 2 is 1.84 bits per heavy atom. The molecule has 0 radical (unpaired) electrons. The van der Waals surface area contributed by atoms with Crippen LogP contribution in [0.4, 0.5) is 8.78 Å². The van der Waals surface area contributed by atoms with Crippen LogP contribution in [-0.4, -0.2) is 13.2 Å². The molecule has 0 saturated heterocycles. The van der Waals surface area contributed by atoms with Crippen LogP contribution >= 0.6 is 11.6 Å². The highest BCUT2D eigenvalue weighted by atomic mass is 35.5. The van der Waals surface area contributed by atoms with Crippen LogP contribution in [0, 0.1) is 11.6 Å². The average Bonchev–Trinajstić information content (AvgIpc) is 2.55. The van der Waals surface area contributed by atoms with Crippen LogP contribution in [0.15, 0.2) is 48.7 Å². The van der Waals surface area contributed by atoms with Crippen molar-refractivity contribution >= 4 is 11.6 Å². The van der Waals surface area contributed by atoms with Crippen LogP contribution in [-0.2, 0) is 4.84 Å². The molecular formula is C18H18ClF2NO3. The molecule has 2 aromatic rings. The smallest absolute Gasteiger partial charge is 0.138 e. The van der Waals surface area contributed by atoms with Gasteiger partial charge in [-0.2, -0.15) is 0 Å². The third-order valence-electron chi connectivity index (χ3n) is 2.93. The first kappa shape index (κ1) is 19.0. The summed E-state index contributed by atoms with van der Waals surface area (Å²) in [5.41, 5.74) is 2.65. The molecule has 0 fully saturated rings. The van der Waals surface area contributed by atoms with Gasteiger partial charge in [-0.15, -0.1) is 0 Å². The van der Waals surface area contributed by atoms with E-state index in [2.05, 4.69) is 5.48 Å². The predicted octanol–water partition coefficient (Wildman–Crippen LogP) is 5.23. The van der Waals surface area contributed by atoms with Crippen molar-refractivity contribution < 1.29 is 23.1 Å². The largest absolute Gasteiger partial charge is 0.492 e. The van der Waals surface area contributed by atoms with Crippen LogP contribution in [0.3, 0.4) is 0 Å². The molecule has 25 heavy (non-hydrogen) atoms. The van der Waals surface area contributed by atoms with Gasteiger partial charge in [0.05, 0.1) is 18.2 Å². The maximum absolute atomic E-state index is 13.2. The second-order valence-electron chi connectivity index (χ2n) is 4.89. The SMILES string of the molecule is CCONC=CCCOc1ccc(Oc2cc(F)cc(F)c2)cc1Cl. The minimum atomic E-state index is -0.715. The second-order valence-corrected chi connectivity index (χ2v) is 5.30. The van der Waals surface area contributed by atoms with E-state index in [1.54, 1.807) is 18.3 Å². The lowest BCUT2D eigenvalue weighted by Crippen LogP contribution is -2.05. The molecule has 0 aliphatic carbocycles. The molecule has 2 rings (SSSR count). The summed E-state index contributed by atoms with van der Waals surface area (Å²) in [6, 6.07) is 7.71. The fourth-order valence-electron chi connectivity index (χ4n) is 1.89. The summed E-state index contributed by atoms with van der Waals surface area (Å²) in [6.07, 6.45) is 4.21. The molecule has 0 heterocycles. The summed E-state index contributed by atoms with van der Waals surface area (Å²) in [5, 5.41) is 0.339. The van der Waals surface area contributed by atoms with Gasteiger partial charge < -0.3 is 9.47 Å². The molecular weight excluding hydrogens is 352 g/mol. The van der Waals surface area contributed by atoms with Gasteiger partial charge in [-0.3, -0.25) is 10.3 Å². The maximum atomic E-state index is 13.2. The van der Waals surface area contributed by atoms with Crippen LogP contribution in [0.2, 0.25) is 5.02 Å². The number of nitrogens with one attached hydrogen (secondary N) is 1. The van der Waals surface area contributed by atoms with Crippen molar-refractivity contribution in [1.29, 1.82) is 0 Å². The number of benzene rings is 2. The lowest BCUT2D eigenvalue weighted by Gasteiger charge is -2.10. The van der Waals surface area contributed by atoms with Gasteiger partial charge in [0, 0.05) is 36.9 Å². The van der Waals surface area contributed by atoms with E-state index in [1.165, 1.54) is 6.07 Å². The van der Waals surface area contributed by atoms with Crippen LogP contribution in [0.25, 0.3) is 0 Å². The van der Waals surface area contributed by atoms with Crippen molar-refractivity contribution in [2.45, 2.75) is 13.3 Å². The third kappa shape index (κ3) is 6.60. The Labute approximate surface area is 149 Å². The molecule has 0 aromatic heterocycles. The number of ether oxygens (including phenoxy) is 2. The van der Waals surface area contributed by atoms with E-state index < -0.39 is 11.6 Å². The lowest BCUT2D eigenvalue weighted by molar-refractivity contribution is 0.0823. The van der Waals surface area contributed by atoms with Crippen molar-refractivity contribution in [1.82, 2.24) is 5.48 Å². The topological polar surface area (TPSA) is 39.7 Å². The normalized spacial score (nSPS) is 10.9. The van der Waals surface area contributed by atoms with Crippen molar-refractivity contribution in [3.63, 3.8) is 0 Å². The van der Waals surface area contributed by atoms with E-state index in [-0.39, 0.29) is 5.75 Å². The Balaban J connectivity index is 1.88. The summed E-state index contributed by atoms with van der Waals surface area (Å²) in [5.74, 6) is -0.538. The fraction of sp³-hybridized carbons (Fsp3) is 0.222. The number of hydrogen-bond donors (Lipinski definition) is 1. The standard InChI is InChI=1S/C18H18ClF2NO3/c1-2-24-22-7-3-4-8-23-18-6-5-15(12-17(18)19)25-16-10-13(20)9-14(21)11-16/h3,5-7,9-12,22H,2,4,8H2,1H3. The fourth-order valence-corrected chi connectivity index (χ4v) is 2.11. The van der Waals surface area contributed by atoms with Gasteiger partial charge in [-0.1, -0.05) is 17.7 Å². The van der Waals surface area contributed by atoms with Crippen molar-refractivity contribution in [2.24, 2.45) is 0 Å². The molecule has 0 aliphatic heterocycles. The van der Waals surface area contributed by atoms with E-state index >= 15 is 0 Å². The molecule has 7 heteroatoms. The molecule has 0 bridgehead atoms. The van der Waals surface area contributed by atoms with Gasteiger partial charge in [0.15, 0.2) is 0 Å². The quantitative estimate of drug-likeness (QED) is 0.485. The van der Waals surface area contributed by atoms with Crippen molar-refractivity contribution in [3.05, 3.63) is 65.3 Å². The summed E-state index contributed by atoms with van der Waals surface area (Å²) < 4.78 is 37.3. The highest BCUT2D eigenvalue weighted by molar-refractivity contribution is 6.32. The third-order valence-corrected chi connectivity index (χ3v) is 3.23. The van der Waals surface area contributed by atoms with Crippen LogP contribution in [0.5, 0.6) is 17.2 Å². The Bertz CT molecular complexity index is 705. The Morgan fingerprint density at radius 3 is 2.52 bits per heavy atom. The first-order valence-electron chi connectivity index (χ1n) is 7.67. The zero-order valence-corrected chi connectivity index (χ0v) is 14.4. The lowest BCUT2D eigenvalue weighted by atomic mass is 10.3. The van der Waals surface area contributed by atoms with Gasteiger partial charge in [0.25, 0.3) is 0 Å². The van der Waals surface area contributed by atoms with Crippen molar-refractivity contribution in [3.8, 4) is 17.2 Å². The molecule has 1 N–H and O–H groups in total. The summed E-state index contributed by atoms with van der Waals surface area (Å²) in [4.78, 5) is 4.93. The zero-order valence-electron chi connectivity index (χ0n) is 13.6. The highest BCUT2D eigenvalue weighted by Crippen LogP contribution is 2.31. The van der Waals surface area contributed by atoms with Gasteiger partial charge in [-0.05, 0) is 19.1 Å². The van der Waals surface area contributed by atoms with E-state index in [1.807, 2.05) is 13.0 Å².